The van der Waals surface area contributed by atoms with Gasteiger partial charge in [-0.25, -0.2) is 9.38 Å². The van der Waals surface area contributed by atoms with Crippen LogP contribution in [0.2, 0.25) is 0 Å². The highest BCUT2D eigenvalue weighted by molar-refractivity contribution is 7.98. The van der Waals surface area contributed by atoms with E-state index in [1.54, 1.807) is 23.9 Å². The fourth-order valence-electron chi connectivity index (χ4n) is 5.83. The lowest BCUT2D eigenvalue weighted by Gasteiger charge is -2.31. The first kappa shape index (κ1) is 34.0. The third-order valence-electron chi connectivity index (χ3n) is 8.38. The van der Waals surface area contributed by atoms with Gasteiger partial charge in [0.25, 0.3) is 5.91 Å². The minimum Gasteiger partial charge on any atom is -0.494 e. The van der Waals surface area contributed by atoms with Crippen LogP contribution in [0.1, 0.15) is 34.8 Å². The zero-order valence-electron chi connectivity index (χ0n) is 27.1. The molecule has 0 aliphatic carbocycles. The van der Waals surface area contributed by atoms with Gasteiger partial charge in [-0.3, -0.25) is 4.79 Å². The third-order valence-corrected chi connectivity index (χ3v) is 9.41. The zero-order valence-corrected chi connectivity index (χ0v) is 28.0. The summed E-state index contributed by atoms with van der Waals surface area (Å²) in [4.78, 5) is 19.7. The van der Waals surface area contributed by atoms with Crippen molar-refractivity contribution in [1.29, 1.82) is 0 Å². The zero-order chi connectivity index (χ0) is 33.9. The van der Waals surface area contributed by atoms with E-state index < -0.39 is 11.6 Å². The van der Waals surface area contributed by atoms with Crippen LogP contribution in [0.4, 0.5) is 4.39 Å². The fraction of sp³-hybridized carbons (Fsp3) is 0.220. The second-order valence-corrected chi connectivity index (χ2v) is 13.0. The van der Waals surface area contributed by atoms with Gasteiger partial charge < -0.3 is 19.9 Å². The molecule has 0 saturated carbocycles. The first-order valence-corrected chi connectivity index (χ1v) is 17.6. The summed E-state index contributed by atoms with van der Waals surface area (Å²) in [5.74, 6) is 1.99. The summed E-state index contributed by atoms with van der Waals surface area (Å²) in [6.07, 6.45) is 0.184. The second-order valence-electron chi connectivity index (χ2n) is 11.9. The quantitative estimate of drug-likeness (QED) is 0.111. The highest BCUT2D eigenvalue weighted by atomic mass is 32.2. The lowest BCUT2D eigenvalue weighted by molar-refractivity contribution is -0.128. The molecule has 6 rings (SSSR count). The Bertz CT molecular complexity index is 1820. The number of benzene rings is 5. The van der Waals surface area contributed by atoms with Gasteiger partial charge in [0, 0.05) is 43.1 Å². The van der Waals surface area contributed by atoms with Crippen molar-refractivity contribution >= 4 is 23.6 Å². The van der Waals surface area contributed by atoms with Crippen LogP contribution in [-0.2, 0) is 21.7 Å². The van der Waals surface area contributed by atoms with Crippen molar-refractivity contribution < 1.29 is 23.8 Å². The molecule has 0 unspecified atom stereocenters. The Labute approximate surface area is 291 Å². The van der Waals surface area contributed by atoms with E-state index in [9.17, 15) is 9.18 Å². The summed E-state index contributed by atoms with van der Waals surface area (Å²) in [6.45, 7) is 0.914. The number of nitrogens with zero attached hydrogens (tertiary/aromatic N) is 1. The first-order valence-electron chi connectivity index (χ1n) is 16.4. The molecule has 49 heavy (non-hydrogen) atoms. The molecule has 2 N–H and O–H groups in total. The maximum Gasteiger partial charge on any atom is 0.252 e. The number of aliphatic imine (C=N–C) groups is 1. The van der Waals surface area contributed by atoms with Gasteiger partial charge in [0.2, 0.25) is 5.90 Å². The molecule has 6 nitrogen and oxygen atoms in total. The van der Waals surface area contributed by atoms with E-state index in [4.69, 9.17) is 19.6 Å². The molecule has 0 bridgehead atoms. The highest BCUT2D eigenvalue weighted by Gasteiger charge is 2.53. The van der Waals surface area contributed by atoms with E-state index in [2.05, 4.69) is 29.6 Å². The van der Waals surface area contributed by atoms with Gasteiger partial charge in [0.05, 0.1) is 6.61 Å². The molecule has 1 amide bonds. The predicted octanol–water partition coefficient (Wildman–Crippen LogP) is 7.80. The normalized spacial score (nSPS) is 16.9. The van der Waals surface area contributed by atoms with Crippen molar-refractivity contribution in [2.45, 2.75) is 30.2 Å². The number of hydrogen-bond acceptors (Lipinski definition) is 6. The highest BCUT2D eigenvalue weighted by Crippen LogP contribution is 2.43. The van der Waals surface area contributed by atoms with E-state index in [-0.39, 0.29) is 18.3 Å². The molecule has 1 aliphatic heterocycles. The van der Waals surface area contributed by atoms with Gasteiger partial charge in [0.1, 0.15) is 11.6 Å². The lowest BCUT2D eigenvalue weighted by atomic mass is 9.81. The molecule has 5 aromatic rings. The Balaban J connectivity index is 1.30. The number of carbonyl (C=O) groups is 1. The van der Waals surface area contributed by atoms with E-state index in [0.29, 0.717) is 49.1 Å². The van der Waals surface area contributed by atoms with E-state index in [1.807, 2.05) is 84.9 Å². The lowest BCUT2D eigenvalue weighted by Crippen LogP contribution is -2.50. The minimum absolute atomic E-state index is 0.0644. The SMILES string of the molecule is O=C(NCCSCc1ccc(F)cc1)[C@]1(Cc2ccccc2)N=C(c2ccc(OCCCO)cc2)O[C@@H]1c1ccc(-c2ccccc2)cc1. The number of hydrogen-bond donors (Lipinski definition) is 2. The van der Waals surface area contributed by atoms with Crippen LogP contribution in [-0.4, -0.2) is 48.0 Å². The number of aliphatic hydroxyl groups excluding tert-OH is 1. The van der Waals surface area contributed by atoms with Crippen LogP contribution in [0.25, 0.3) is 11.1 Å². The maximum atomic E-state index is 14.5. The second kappa shape index (κ2) is 16.5. The van der Waals surface area contributed by atoms with Gasteiger partial charge in [0.15, 0.2) is 11.6 Å². The standard InChI is InChI=1S/C41H39FN2O4S/c42-36-20-12-31(13-21-36)29-49-27-24-43-40(46)41(28-30-8-3-1-4-9-30)38(34-16-14-33(15-17-34)32-10-5-2-6-11-32)48-39(44-41)35-18-22-37(23-19-35)47-26-7-25-45/h1-6,8-23,38,45H,7,24-29H2,(H,43,46)/t38-,41-/m1/s1. The largest absolute Gasteiger partial charge is 0.494 e. The topological polar surface area (TPSA) is 80.2 Å². The van der Waals surface area contributed by atoms with E-state index in [1.165, 1.54) is 12.1 Å². The van der Waals surface area contributed by atoms with Crippen molar-refractivity contribution in [3.63, 3.8) is 0 Å². The number of carbonyl (C=O) groups excluding carboxylic acids is 1. The maximum absolute atomic E-state index is 14.5. The summed E-state index contributed by atoms with van der Waals surface area (Å²) in [5.41, 5.74) is 4.46. The van der Waals surface area contributed by atoms with E-state index in [0.717, 1.165) is 33.4 Å². The molecule has 0 fully saturated rings. The van der Waals surface area contributed by atoms with Crippen LogP contribution < -0.4 is 10.1 Å². The fourth-order valence-corrected chi connectivity index (χ4v) is 6.65. The molecule has 2 atom stereocenters. The van der Waals surface area contributed by atoms with Gasteiger partial charge in [-0.05, 0) is 64.2 Å². The van der Waals surface area contributed by atoms with Gasteiger partial charge in [-0.2, -0.15) is 11.8 Å². The van der Waals surface area contributed by atoms with Crippen LogP contribution >= 0.6 is 11.8 Å². The molecule has 0 spiro atoms. The molecule has 5 aromatic carbocycles. The molecule has 0 radical (unpaired) electrons. The number of halogens is 1. The van der Waals surface area contributed by atoms with Crippen molar-refractivity contribution in [3.05, 3.63) is 162 Å². The van der Waals surface area contributed by atoms with Crippen LogP contribution in [0.3, 0.4) is 0 Å². The summed E-state index contributed by atoms with van der Waals surface area (Å²) >= 11 is 1.67. The minimum atomic E-state index is -1.29. The summed E-state index contributed by atoms with van der Waals surface area (Å²) in [7, 11) is 0. The predicted molar refractivity (Wildman–Crippen MR) is 194 cm³/mol. The summed E-state index contributed by atoms with van der Waals surface area (Å²) < 4.78 is 25.8. The number of rotatable bonds is 15. The van der Waals surface area contributed by atoms with Crippen molar-refractivity contribution in [2.75, 3.05) is 25.5 Å². The van der Waals surface area contributed by atoms with E-state index >= 15 is 0 Å². The van der Waals surface area contributed by atoms with Gasteiger partial charge >= 0.3 is 0 Å². The molecule has 250 valence electrons. The Kier molecular flexibility index (Phi) is 11.4. The third kappa shape index (κ3) is 8.57. The van der Waals surface area contributed by atoms with Crippen LogP contribution in [0.15, 0.2) is 138 Å². The van der Waals surface area contributed by atoms with Crippen molar-refractivity contribution in [2.24, 2.45) is 4.99 Å². The molecule has 8 heteroatoms. The number of amides is 1. The monoisotopic (exact) mass is 674 g/mol. The Morgan fingerprint density at radius 2 is 1.47 bits per heavy atom. The number of ether oxygens (including phenoxy) is 2. The van der Waals surface area contributed by atoms with Crippen LogP contribution in [0.5, 0.6) is 5.75 Å². The average molecular weight is 675 g/mol. The Hall–Kier alpha value is -4.92. The smallest absolute Gasteiger partial charge is 0.252 e. The molecule has 0 saturated heterocycles. The van der Waals surface area contributed by atoms with Crippen LogP contribution in [0, 0.1) is 5.82 Å². The Morgan fingerprint density at radius 1 is 0.816 bits per heavy atom. The first-order chi connectivity index (χ1) is 24.0. The molecular formula is C41H39FN2O4S. The summed E-state index contributed by atoms with van der Waals surface area (Å²) in [6, 6.07) is 42.2. The number of nitrogens with one attached hydrogen (secondary N) is 1. The van der Waals surface area contributed by atoms with Crippen molar-refractivity contribution in [3.8, 4) is 16.9 Å². The number of thioether (sulfide) groups is 1. The van der Waals surface area contributed by atoms with Gasteiger partial charge in [-0.1, -0.05) is 97.1 Å². The molecule has 1 heterocycles. The summed E-state index contributed by atoms with van der Waals surface area (Å²) in [5, 5.41) is 12.3. The average Bonchev–Trinajstić information content (AvgIpc) is 3.53. The molecule has 1 aliphatic rings. The molecule has 0 aromatic heterocycles. The number of aliphatic hydroxyl groups is 1. The van der Waals surface area contributed by atoms with Crippen molar-refractivity contribution in [1.82, 2.24) is 5.32 Å². The van der Waals surface area contributed by atoms with Gasteiger partial charge in [-0.15, -0.1) is 0 Å². The molecular weight excluding hydrogens is 636 g/mol. The Morgan fingerprint density at radius 3 is 2.16 bits per heavy atom.